The summed E-state index contributed by atoms with van der Waals surface area (Å²) >= 11 is 0. The van der Waals surface area contributed by atoms with Crippen molar-refractivity contribution in [2.45, 2.75) is 26.1 Å². The number of hydrogen-bond donors (Lipinski definition) is 1. The van der Waals surface area contributed by atoms with Gasteiger partial charge in [0.25, 0.3) is 0 Å². The molecule has 112 valence electrons. The average molecular weight is 287 g/mol. The Hall–Kier alpha value is -2.01. The second kappa shape index (κ2) is 5.41. The van der Waals surface area contributed by atoms with E-state index in [0.29, 0.717) is 13.1 Å². The Morgan fingerprint density at radius 2 is 1.95 bits per heavy atom. The molecule has 0 spiro atoms. The lowest BCUT2D eigenvalue weighted by Crippen LogP contribution is -2.49. The highest BCUT2D eigenvalue weighted by Crippen LogP contribution is 2.24. The highest BCUT2D eigenvalue weighted by molar-refractivity contribution is 6.00. The van der Waals surface area contributed by atoms with Gasteiger partial charge in [0.2, 0.25) is 0 Å². The standard InChI is InChI=1S/C16H21N3O2/c1-11-9-19(10-12(2)21-11)16(20)17-14-5-4-6-15-13(14)7-8-18(15)3/h4-8,11-12H,9-10H2,1-3H3,(H,17,20)/t11-,12-/m1/s1. The number of hydrogen-bond acceptors (Lipinski definition) is 2. The monoisotopic (exact) mass is 287 g/mol. The molecule has 1 aromatic carbocycles. The minimum atomic E-state index is -0.0617. The maximum Gasteiger partial charge on any atom is 0.322 e. The Morgan fingerprint density at radius 3 is 2.67 bits per heavy atom. The maximum absolute atomic E-state index is 12.5. The summed E-state index contributed by atoms with van der Waals surface area (Å²) in [6, 6.07) is 7.91. The summed E-state index contributed by atoms with van der Waals surface area (Å²) < 4.78 is 7.71. The average Bonchev–Trinajstić information content (AvgIpc) is 2.81. The zero-order valence-corrected chi connectivity index (χ0v) is 12.7. The Balaban J connectivity index is 1.80. The number of fused-ring (bicyclic) bond motifs is 1. The fourth-order valence-electron chi connectivity index (χ4n) is 2.95. The van der Waals surface area contributed by atoms with Gasteiger partial charge >= 0.3 is 6.03 Å². The van der Waals surface area contributed by atoms with E-state index in [1.807, 2.05) is 60.8 Å². The van der Waals surface area contributed by atoms with E-state index in [1.54, 1.807) is 0 Å². The molecule has 0 radical (unpaired) electrons. The Labute approximate surface area is 124 Å². The number of carbonyl (C=O) groups excluding carboxylic acids is 1. The van der Waals surface area contributed by atoms with Crippen molar-refractivity contribution < 1.29 is 9.53 Å². The molecule has 5 nitrogen and oxygen atoms in total. The number of rotatable bonds is 1. The minimum absolute atomic E-state index is 0.0617. The van der Waals surface area contributed by atoms with Gasteiger partial charge in [-0.1, -0.05) is 6.07 Å². The zero-order valence-electron chi connectivity index (χ0n) is 12.7. The molecule has 0 saturated carbocycles. The summed E-state index contributed by atoms with van der Waals surface area (Å²) in [6.07, 6.45) is 2.15. The van der Waals surface area contributed by atoms with E-state index in [2.05, 4.69) is 5.32 Å². The third-order valence-corrected chi connectivity index (χ3v) is 3.88. The predicted molar refractivity (Wildman–Crippen MR) is 83.5 cm³/mol. The van der Waals surface area contributed by atoms with Crippen molar-refractivity contribution in [3.05, 3.63) is 30.5 Å². The van der Waals surface area contributed by atoms with Crippen LogP contribution >= 0.6 is 0 Å². The first-order valence-corrected chi connectivity index (χ1v) is 7.30. The quantitative estimate of drug-likeness (QED) is 0.876. The highest BCUT2D eigenvalue weighted by Gasteiger charge is 2.26. The molecule has 1 aliphatic rings. The third kappa shape index (κ3) is 2.74. The topological polar surface area (TPSA) is 46.5 Å². The van der Waals surface area contributed by atoms with E-state index in [0.717, 1.165) is 16.6 Å². The largest absolute Gasteiger partial charge is 0.372 e. The molecular weight excluding hydrogens is 266 g/mol. The molecule has 0 aliphatic carbocycles. The number of aryl methyl sites for hydroxylation is 1. The number of morpholine rings is 1. The number of nitrogens with one attached hydrogen (secondary N) is 1. The van der Waals surface area contributed by atoms with E-state index in [4.69, 9.17) is 4.74 Å². The summed E-state index contributed by atoms with van der Waals surface area (Å²) in [7, 11) is 2.00. The fourth-order valence-corrected chi connectivity index (χ4v) is 2.95. The SMILES string of the molecule is C[C@@H]1CN(C(=O)Nc2cccc3c2ccn3C)C[C@@H](C)O1. The molecule has 1 N–H and O–H groups in total. The molecule has 2 amide bonds. The van der Waals surface area contributed by atoms with Gasteiger partial charge in [-0.2, -0.15) is 0 Å². The summed E-state index contributed by atoms with van der Waals surface area (Å²) in [4.78, 5) is 14.3. The van der Waals surface area contributed by atoms with E-state index >= 15 is 0 Å². The fraction of sp³-hybridized carbons (Fsp3) is 0.438. The molecule has 0 bridgehead atoms. The third-order valence-electron chi connectivity index (χ3n) is 3.88. The van der Waals surface area contributed by atoms with Crippen LogP contribution in [0.5, 0.6) is 0 Å². The lowest BCUT2D eigenvalue weighted by atomic mass is 10.2. The number of benzene rings is 1. The van der Waals surface area contributed by atoms with Gasteiger partial charge in [0.1, 0.15) is 0 Å². The summed E-state index contributed by atoms with van der Waals surface area (Å²) in [5.74, 6) is 0. The molecular formula is C16H21N3O2. The number of anilines is 1. The van der Waals surface area contributed by atoms with Gasteiger partial charge in [0, 0.05) is 37.2 Å². The maximum atomic E-state index is 12.5. The van der Waals surface area contributed by atoms with Crippen LogP contribution in [0.15, 0.2) is 30.5 Å². The van der Waals surface area contributed by atoms with Gasteiger partial charge in [-0.05, 0) is 32.0 Å². The smallest absolute Gasteiger partial charge is 0.322 e. The molecule has 1 aliphatic heterocycles. The summed E-state index contributed by atoms with van der Waals surface area (Å²) in [6.45, 7) is 5.24. The molecule has 1 aromatic heterocycles. The number of ether oxygens (including phenoxy) is 1. The van der Waals surface area contributed by atoms with Crippen molar-refractivity contribution in [1.82, 2.24) is 9.47 Å². The van der Waals surface area contributed by atoms with Gasteiger partial charge in [-0.3, -0.25) is 0 Å². The van der Waals surface area contributed by atoms with Gasteiger partial charge in [-0.25, -0.2) is 4.79 Å². The Morgan fingerprint density at radius 1 is 1.24 bits per heavy atom. The van der Waals surface area contributed by atoms with E-state index < -0.39 is 0 Å². The van der Waals surface area contributed by atoms with Crippen molar-refractivity contribution in [3.63, 3.8) is 0 Å². The normalized spacial score (nSPS) is 22.5. The van der Waals surface area contributed by atoms with Gasteiger partial charge < -0.3 is 19.5 Å². The molecule has 2 aromatic rings. The number of nitrogens with zero attached hydrogens (tertiary/aromatic N) is 2. The Kier molecular flexibility index (Phi) is 3.59. The van der Waals surface area contributed by atoms with Crippen LogP contribution in [0.25, 0.3) is 10.9 Å². The molecule has 21 heavy (non-hydrogen) atoms. The van der Waals surface area contributed by atoms with Crippen LogP contribution < -0.4 is 5.32 Å². The van der Waals surface area contributed by atoms with Crippen molar-refractivity contribution in [3.8, 4) is 0 Å². The number of carbonyl (C=O) groups is 1. The van der Waals surface area contributed by atoms with Gasteiger partial charge in [0.15, 0.2) is 0 Å². The first-order valence-electron chi connectivity index (χ1n) is 7.30. The van der Waals surface area contributed by atoms with E-state index in [1.165, 1.54) is 0 Å². The van der Waals surface area contributed by atoms with Crippen LogP contribution in [0, 0.1) is 0 Å². The van der Waals surface area contributed by atoms with Crippen LogP contribution in [-0.4, -0.2) is 40.8 Å². The number of urea groups is 1. The molecule has 2 heterocycles. The first-order chi connectivity index (χ1) is 10.0. The van der Waals surface area contributed by atoms with E-state index in [-0.39, 0.29) is 18.2 Å². The van der Waals surface area contributed by atoms with E-state index in [9.17, 15) is 4.79 Å². The van der Waals surface area contributed by atoms with Crippen molar-refractivity contribution in [2.24, 2.45) is 7.05 Å². The number of aromatic nitrogens is 1. The van der Waals surface area contributed by atoms with Crippen molar-refractivity contribution in [2.75, 3.05) is 18.4 Å². The summed E-state index contributed by atoms with van der Waals surface area (Å²) in [5, 5.41) is 4.09. The second-order valence-corrected chi connectivity index (χ2v) is 5.76. The lowest BCUT2D eigenvalue weighted by Gasteiger charge is -2.35. The molecule has 0 unspecified atom stereocenters. The van der Waals surface area contributed by atoms with Crippen LogP contribution in [0.4, 0.5) is 10.5 Å². The van der Waals surface area contributed by atoms with Crippen LogP contribution in [0.2, 0.25) is 0 Å². The lowest BCUT2D eigenvalue weighted by molar-refractivity contribution is -0.0530. The molecule has 2 atom stereocenters. The number of amides is 2. The van der Waals surface area contributed by atoms with Crippen LogP contribution in [0.1, 0.15) is 13.8 Å². The molecule has 5 heteroatoms. The van der Waals surface area contributed by atoms with Crippen LogP contribution in [0.3, 0.4) is 0 Å². The van der Waals surface area contributed by atoms with Crippen LogP contribution in [-0.2, 0) is 11.8 Å². The minimum Gasteiger partial charge on any atom is -0.372 e. The van der Waals surface area contributed by atoms with Gasteiger partial charge in [-0.15, -0.1) is 0 Å². The van der Waals surface area contributed by atoms with Crippen molar-refractivity contribution >= 4 is 22.6 Å². The Bertz CT molecular complexity index is 655. The summed E-state index contributed by atoms with van der Waals surface area (Å²) in [5.41, 5.74) is 1.96. The first kappa shape index (κ1) is 13.9. The molecule has 1 saturated heterocycles. The zero-order chi connectivity index (χ0) is 15.0. The van der Waals surface area contributed by atoms with Gasteiger partial charge in [0.05, 0.1) is 17.9 Å². The second-order valence-electron chi connectivity index (χ2n) is 5.76. The van der Waals surface area contributed by atoms with Crippen molar-refractivity contribution in [1.29, 1.82) is 0 Å². The predicted octanol–water partition coefficient (Wildman–Crippen LogP) is 2.82. The molecule has 1 fully saturated rings. The highest BCUT2D eigenvalue weighted by atomic mass is 16.5. The molecule has 3 rings (SSSR count).